The number of carbonyl (C=O) groups is 3. The van der Waals surface area contributed by atoms with E-state index in [0.29, 0.717) is 12.0 Å². The number of amides is 2. The molecule has 1 aromatic rings. The van der Waals surface area contributed by atoms with Crippen LogP contribution < -0.4 is 0 Å². The largest absolute Gasteiger partial charge is 0.461 e. The molecule has 130 valence electrons. The molecule has 2 rings (SSSR count). The van der Waals surface area contributed by atoms with E-state index in [4.69, 9.17) is 10.00 Å². The molecule has 1 fully saturated rings. The minimum Gasteiger partial charge on any atom is -0.461 e. The second-order valence-electron chi connectivity index (χ2n) is 5.86. The van der Waals surface area contributed by atoms with Gasteiger partial charge in [-0.2, -0.15) is 5.26 Å². The summed E-state index contributed by atoms with van der Waals surface area (Å²) in [5.74, 6) is -1.72. The summed E-state index contributed by atoms with van der Waals surface area (Å²) in [4.78, 5) is 39.4. The number of benzene rings is 1. The summed E-state index contributed by atoms with van der Waals surface area (Å²) in [5, 5.41) is 8.90. The lowest BCUT2D eigenvalue weighted by Gasteiger charge is -2.38. The quantitative estimate of drug-likeness (QED) is 0.343. The Morgan fingerprint density at radius 2 is 2.08 bits per heavy atom. The Kier molecular flexibility index (Phi) is 6.07. The summed E-state index contributed by atoms with van der Waals surface area (Å²) in [5.41, 5.74) is -1.10. The van der Waals surface area contributed by atoms with Gasteiger partial charge in [-0.05, 0) is 31.4 Å². The Morgan fingerprint density at radius 1 is 1.36 bits per heavy atom. The average molecular weight is 340 g/mol. The number of hydrogen-bond donors (Lipinski definition) is 0. The molecule has 1 aliphatic rings. The monoisotopic (exact) mass is 340 g/mol. The molecule has 0 aliphatic carbocycles. The van der Waals surface area contributed by atoms with E-state index in [1.54, 1.807) is 30.3 Å². The topological polar surface area (TPSA) is 87.5 Å². The molecule has 0 bridgehead atoms. The number of nitrogens with zero attached hydrogens (tertiary/aromatic N) is 2. The predicted molar refractivity (Wildman–Crippen MR) is 90.2 cm³/mol. The van der Waals surface area contributed by atoms with E-state index in [-0.39, 0.29) is 32.4 Å². The number of carbonyl (C=O) groups excluding carboxylic acids is 3. The third kappa shape index (κ3) is 3.77. The van der Waals surface area contributed by atoms with Crippen LogP contribution in [0.5, 0.6) is 0 Å². The number of imide groups is 1. The van der Waals surface area contributed by atoms with Crippen molar-refractivity contribution >= 4 is 17.8 Å². The third-order valence-electron chi connectivity index (χ3n) is 4.29. The molecule has 6 heteroatoms. The van der Waals surface area contributed by atoms with E-state index in [1.165, 1.54) is 6.08 Å². The molecule has 1 aromatic carbocycles. The zero-order chi connectivity index (χ0) is 18.3. The van der Waals surface area contributed by atoms with Gasteiger partial charge in [0.25, 0.3) is 5.91 Å². The number of hydrogen-bond acceptors (Lipinski definition) is 5. The molecular weight excluding hydrogens is 320 g/mol. The van der Waals surface area contributed by atoms with Gasteiger partial charge >= 0.3 is 5.97 Å². The highest BCUT2D eigenvalue weighted by Gasteiger charge is 2.52. The van der Waals surface area contributed by atoms with Crippen molar-refractivity contribution in [3.63, 3.8) is 0 Å². The zero-order valence-corrected chi connectivity index (χ0v) is 13.9. The first-order chi connectivity index (χ1) is 12.1. The fourth-order valence-electron chi connectivity index (χ4n) is 3.00. The van der Waals surface area contributed by atoms with Gasteiger partial charge in [-0.1, -0.05) is 30.9 Å². The molecule has 1 atom stereocenters. The van der Waals surface area contributed by atoms with Crippen molar-refractivity contribution in [2.75, 3.05) is 13.2 Å². The molecule has 0 N–H and O–H groups in total. The number of esters is 1. The van der Waals surface area contributed by atoms with E-state index < -0.39 is 23.2 Å². The number of likely N-dealkylation sites (tertiary alicyclic amines) is 1. The van der Waals surface area contributed by atoms with Crippen LogP contribution in [0.25, 0.3) is 0 Å². The van der Waals surface area contributed by atoms with Crippen molar-refractivity contribution < 1.29 is 19.1 Å². The highest BCUT2D eigenvalue weighted by molar-refractivity contribution is 6.12. The third-order valence-corrected chi connectivity index (χ3v) is 4.29. The van der Waals surface area contributed by atoms with Crippen LogP contribution in [0.2, 0.25) is 0 Å². The highest BCUT2D eigenvalue weighted by Crippen LogP contribution is 2.38. The minimum atomic E-state index is -1.48. The van der Waals surface area contributed by atoms with Crippen molar-refractivity contribution in [2.45, 2.75) is 25.7 Å². The SMILES string of the molecule is C=CCOC(=O)C1(CCC#N)CCCN(C(=O)c2ccccc2)C1=O. The van der Waals surface area contributed by atoms with Crippen molar-refractivity contribution in [1.29, 1.82) is 5.26 Å². The van der Waals surface area contributed by atoms with Gasteiger partial charge in [-0.15, -0.1) is 0 Å². The Labute approximate surface area is 146 Å². The lowest BCUT2D eigenvalue weighted by atomic mass is 9.75. The average Bonchev–Trinajstić information content (AvgIpc) is 2.65. The van der Waals surface area contributed by atoms with Crippen molar-refractivity contribution in [3.8, 4) is 6.07 Å². The van der Waals surface area contributed by atoms with E-state index in [2.05, 4.69) is 6.58 Å². The van der Waals surface area contributed by atoms with Crippen LogP contribution in [-0.4, -0.2) is 35.8 Å². The Balaban J connectivity index is 2.32. The smallest absolute Gasteiger partial charge is 0.322 e. The zero-order valence-electron chi connectivity index (χ0n) is 13.9. The summed E-state index contributed by atoms with van der Waals surface area (Å²) in [6.45, 7) is 3.71. The summed E-state index contributed by atoms with van der Waals surface area (Å²) < 4.78 is 5.11. The van der Waals surface area contributed by atoms with Crippen LogP contribution in [0.4, 0.5) is 0 Å². The number of nitriles is 1. The Morgan fingerprint density at radius 3 is 2.72 bits per heavy atom. The van der Waals surface area contributed by atoms with E-state index >= 15 is 0 Å². The van der Waals surface area contributed by atoms with Gasteiger partial charge in [0.1, 0.15) is 12.0 Å². The second kappa shape index (κ2) is 8.25. The van der Waals surface area contributed by atoms with Crippen LogP contribution >= 0.6 is 0 Å². The first kappa shape index (κ1) is 18.4. The van der Waals surface area contributed by atoms with Crippen molar-refractivity contribution in [2.24, 2.45) is 5.41 Å². The number of piperidine rings is 1. The molecule has 1 aliphatic heterocycles. The molecule has 25 heavy (non-hydrogen) atoms. The van der Waals surface area contributed by atoms with Crippen LogP contribution in [0, 0.1) is 16.7 Å². The van der Waals surface area contributed by atoms with Gasteiger partial charge in [-0.25, -0.2) is 0 Å². The molecular formula is C19H20N2O4. The number of rotatable bonds is 6. The summed E-state index contributed by atoms with van der Waals surface area (Å²) in [6, 6.07) is 10.4. The van der Waals surface area contributed by atoms with Gasteiger partial charge in [0.15, 0.2) is 0 Å². The Bertz CT molecular complexity index is 708. The number of ether oxygens (including phenoxy) is 1. The Hall–Kier alpha value is -2.94. The molecule has 1 unspecified atom stereocenters. The van der Waals surface area contributed by atoms with E-state index in [0.717, 1.165) is 4.90 Å². The highest BCUT2D eigenvalue weighted by atomic mass is 16.5. The van der Waals surface area contributed by atoms with Gasteiger partial charge in [0, 0.05) is 18.5 Å². The minimum absolute atomic E-state index is 0.0208. The van der Waals surface area contributed by atoms with Crippen LogP contribution in [0.1, 0.15) is 36.0 Å². The van der Waals surface area contributed by atoms with Crippen molar-refractivity contribution in [3.05, 3.63) is 48.6 Å². The first-order valence-corrected chi connectivity index (χ1v) is 8.13. The lowest BCUT2D eigenvalue weighted by Crippen LogP contribution is -2.55. The molecule has 0 spiro atoms. The van der Waals surface area contributed by atoms with Gasteiger partial charge in [-0.3, -0.25) is 19.3 Å². The van der Waals surface area contributed by atoms with Crippen molar-refractivity contribution in [1.82, 2.24) is 4.90 Å². The maximum atomic E-state index is 13.0. The van der Waals surface area contributed by atoms with Crippen LogP contribution in [-0.2, 0) is 14.3 Å². The molecule has 0 saturated carbocycles. The molecule has 1 heterocycles. The first-order valence-electron chi connectivity index (χ1n) is 8.13. The van der Waals surface area contributed by atoms with E-state index in [9.17, 15) is 14.4 Å². The second-order valence-corrected chi connectivity index (χ2v) is 5.86. The van der Waals surface area contributed by atoms with Gasteiger partial charge < -0.3 is 4.74 Å². The van der Waals surface area contributed by atoms with Crippen LogP contribution in [0.3, 0.4) is 0 Å². The molecule has 6 nitrogen and oxygen atoms in total. The summed E-state index contributed by atoms with van der Waals surface area (Å²) in [7, 11) is 0. The molecule has 0 radical (unpaired) electrons. The predicted octanol–water partition coefficient (Wildman–Crippen LogP) is 2.47. The fourth-order valence-corrected chi connectivity index (χ4v) is 3.00. The maximum absolute atomic E-state index is 13.0. The molecule has 2 amide bonds. The van der Waals surface area contributed by atoms with Gasteiger partial charge in [0.2, 0.25) is 5.91 Å². The van der Waals surface area contributed by atoms with E-state index in [1.807, 2.05) is 6.07 Å². The standard InChI is InChI=1S/C19H20N2O4/c1-2-14-25-18(24)19(10-6-12-20)11-7-13-21(17(19)23)16(22)15-8-4-3-5-9-15/h2-5,8-9H,1,6-7,10-11,13-14H2. The van der Waals surface area contributed by atoms with Crippen LogP contribution in [0.15, 0.2) is 43.0 Å². The van der Waals surface area contributed by atoms with Gasteiger partial charge in [0.05, 0.1) is 6.07 Å². The fraction of sp³-hybridized carbons (Fsp3) is 0.368. The molecule has 1 saturated heterocycles. The normalized spacial score (nSPS) is 19.8. The summed E-state index contributed by atoms with van der Waals surface area (Å²) in [6.07, 6.45) is 2.23. The summed E-state index contributed by atoms with van der Waals surface area (Å²) >= 11 is 0. The maximum Gasteiger partial charge on any atom is 0.322 e. The lowest BCUT2D eigenvalue weighted by molar-refractivity contribution is -0.167. The molecule has 0 aromatic heterocycles.